The average Bonchev–Trinajstić information content (AvgIpc) is 3.45. The summed E-state index contributed by atoms with van der Waals surface area (Å²) >= 11 is 24.7. The highest BCUT2D eigenvalue weighted by Gasteiger charge is 2.54. The molecule has 0 N–H and O–H groups in total. The van der Waals surface area contributed by atoms with Crippen LogP contribution in [0.25, 0.3) is 0 Å². The van der Waals surface area contributed by atoms with Crippen molar-refractivity contribution in [2.45, 2.75) is 150 Å². The Hall–Kier alpha value is 0.420. The number of ketones is 2. The van der Waals surface area contributed by atoms with E-state index in [9.17, 15) is 9.59 Å². The Morgan fingerprint density at radius 2 is 1.31 bits per heavy atom. The van der Waals surface area contributed by atoms with Gasteiger partial charge in [0.25, 0.3) is 0 Å². The highest BCUT2D eigenvalue weighted by Crippen LogP contribution is 2.53. The number of fused-ring (bicyclic) bond motifs is 2. The monoisotopic (exact) mass is 668 g/mol. The highest BCUT2D eigenvalue weighted by molar-refractivity contribution is 6.59. The fraction of sp³-hybridized carbons (Fsp3) is 0.941. The fourth-order valence-corrected chi connectivity index (χ4v) is 9.73. The zero-order valence-electron chi connectivity index (χ0n) is 26.5. The van der Waals surface area contributed by atoms with Crippen molar-refractivity contribution >= 4 is 58.0 Å². The number of unbranched alkanes of at least 4 members (excludes halogenated alkanes) is 2. The number of hydrogen-bond acceptors (Lipinski definition) is 4. The first-order valence-corrected chi connectivity index (χ1v) is 18.4. The van der Waals surface area contributed by atoms with Gasteiger partial charge in [-0.2, -0.15) is 0 Å². The average molecular weight is 671 g/mol. The highest BCUT2D eigenvalue weighted by atomic mass is 35.5. The van der Waals surface area contributed by atoms with Gasteiger partial charge in [-0.15, -0.1) is 0 Å². The van der Waals surface area contributed by atoms with E-state index < -0.39 is 8.67 Å². The molecule has 0 aromatic heterocycles. The molecule has 0 bridgehead atoms. The molecule has 0 aromatic carbocycles. The lowest BCUT2D eigenvalue weighted by atomic mass is 9.72. The third-order valence-electron chi connectivity index (χ3n) is 11.1. The normalized spacial score (nSPS) is 33.0. The number of ether oxygens (including phenoxy) is 2. The van der Waals surface area contributed by atoms with Crippen molar-refractivity contribution in [1.29, 1.82) is 0 Å². The second-order valence-corrected chi connectivity index (χ2v) is 16.6. The summed E-state index contributed by atoms with van der Waals surface area (Å²) in [6, 6.07) is 0. The molecule has 244 valence electrons. The van der Waals surface area contributed by atoms with Crippen molar-refractivity contribution in [3.05, 3.63) is 0 Å². The van der Waals surface area contributed by atoms with Gasteiger partial charge < -0.3 is 9.47 Å². The summed E-state index contributed by atoms with van der Waals surface area (Å²) in [5.41, 5.74) is 0. The Morgan fingerprint density at radius 3 is 1.86 bits per heavy atom. The molecular weight excluding hydrogens is 614 g/mol. The first-order valence-electron chi connectivity index (χ1n) is 16.9. The molecule has 4 nitrogen and oxygen atoms in total. The van der Waals surface area contributed by atoms with E-state index >= 15 is 0 Å². The van der Waals surface area contributed by atoms with E-state index in [-0.39, 0.29) is 17.5 Å². The molecule has 0 saturated heterocycles. The molecule has 42 heavy (non-hydrogen) atoms. The number of hydrogen-bond donors (Lipinski definition) is 0. The summed E-state index contributed by atoms with van der Waals surface area (Å²) < 4.78 is 8.62. The third-order valence-corrected chi connectivity index (χ3v) is 12.6. The Labute approximate surface area is 276 Å². The predicted molar refractivity (Wildman–Crippen MR) is 176 cm³/mol. The molecule has 0 heterocycles. The van der Waals surface area contributed by atoms with Crippen molar-refractivity contribution < 1.29 is 19.1 Å². The number of methoxy groups -OCH3 is 2. The van der Waals surface area contributed by atoms with Crippen molar-refractivity contribution in [2.75, 3.05) is 14.2 Å². The summed E-state index contributed by atoms with van der Waals surface area (Å²) in [5.74, 6) is 3.11. The zero-order chi connectivity index (χ0) is 30.9. The molecule has 0 radical (unpaired) electrons. The summed E-state index contributed by atoms with van der Waals surface area (Å²) in [6.07, 6.45) is 20.4. The zero-order valence-corrected chi connectivity index (χ0v) is 29.5. The Morgan fingerprint density at radius 1 is 0.738 bits per heavy atom. The Kier molecular flexibility index (Phi) is 15.3. The van der Waals surface area contributed by atoms with E-state index in [0.717, 1.165) is 38.5 Å². The van der Waals surface area contributed by atoms with Crippen LogP contribution >= 0.6 is 46.4 Å². The van der Waals surface area contributed by atoms with Crippen molar-refractivity contribution in [3.63, 3.8) is 0 Å². The largest absolute Gasteiger partial charge is 0.381 e. The lowest BCUT2D eigenvalue weighted by Gasteiger charge is -2.35. The van der Waals surface area contributed by atoms with Gasteiger partial charge in [-0.3, -0.25) is 9.59 Å². The molecule has 8 atom stereocenters. The first kappa shape index (κ1) is 36.9. The van der Waals surface area contributed by atoms with Crippen molar-refractivity contribution in [1.82, 2.24) is 0 Å². The molecule has 0 amide bonds. The van der Waals surface area contributed by atoms with Crippen LogP contribution in [0.15, 0.2) is 0 Å². The van der Waals surface area contributed by atoms with Gasteiger partial charge in [0.2, 0.25) is 0 Å². The maximum Gasteiger partial charge on any atom is 0.176 e. The molecule has 8 heteroatoms. The maximum atomic E-state index is 12.2. The second-order valence-electron chi connectivity index (χ2n) is 13.6. The molecule has 4 fully saturated rings. The molecule has 0 aromatic rings. The van der Waals surface area contributed by atoms with Crippen molar-refractivity contribution in [2.24, 2.45) is 35.5 Å². The standard InChI is InChI=1S/2C17H28Cl2O2/c1-3-13(21-2)9-5-4-7-12-8-6-10-14-15(12)11-17(18,19)16(14)20;1-3-14(21-2)7-5-4-6-12-8-9-13-11-17(18,19)16(20)10-15(12)13/h2*12-15H,3-11H2,1-2H3. The van der Waals surface area contributed by atoms with E-state index in [1.165, 1.54) is 57.8 Å². The molecule has 8 unspecified atom stereocenters. The number of carbonyl (C=O) groups excluding carboxylic acids is 2. The van der Waals surface area contributed by atoms with Crippen LogP contribution in [-0.2, 0) is 19.1 Å². The Balaban J connectivity index is 0.000000230. The van der Waals surface area contributed by atoms with Gasteiger partial charge in [-0.05, 0) is 87.4 Å². The van der Waals surface area contributed by atoms with Crippen LogP contribution in [0.5, 0.6) is 0 Å². The minimum Gasteiger partial charge on any atom is -0.381 e. The lowest BCUT2D eigenvalue weighted by molar-refractivity contribution is -0.124. The third kappa shape index (κ3) is 9.96. The lowest BCUT2D eigenvalue weighted by Crippen LogP contribution is -2.38. The van der Waals surface area contributed by atoms with E-state index in [2.05, 4.69) is 13.8 Å². The maximum absolute atomic E-state index is 12.2. The van der Waals surface area contributed by atoms with Crippen LogP contribution in [0, 0.1) is 35.5 Å². The van der Waals surface area contributed by atoms with Gasteiger partial charge in [0.15, 0.2) is 20.2 Å². The molecule has 4 rings (SSSR count). The fourth-order valence-electron chi connectivity index (χ4n) is 8.54. The smallest absolute Gasteiger partial charge is 0.176 e. The van der Waals surface area contributed by atoms with Gasteiger partial charge in [0.1, 0.15) is 0 Å². The van der Waals surface area contributed by atoms with Crippen LogP contribution in [0.3, 0.4) is 0 Å². The first-order chi connectivity index (χ1) is 20.0. The number of carbonyl (C=O) groups is 2. The summed E-state index contributed by atoms with van der Waals surface area (Å²) in [4.78, 5) is 24.2. The van der Waals surface area contributed by atoms with Crippen LogP contribution in [0.4, 0.5) is 0 Å². The van der Waals surface area contributed by atoms with Crippen LogP contribution in [-0.4, -0.2) is 46.7 Å². The molecule has 4 aliphatic rings. The summed E-state index contributed by atoms with van der Waals surface area (Å²) in [5, 5.41) is 0. The van der Waals surface area contributed by atoms with Gasteiger partial charge in [-0.25, -0.2) is 0 Å². The number of halogens is 4. The predicted octanol–water partition coefficient (Wildman–Crippen LogP) is 10.3. The number of Topliss-reactive ketones (excluding diaryl/α,β-unsaturated/α-hetero) is 2. The van der Waals surface area contributed by atoms with Gasteiger partial charge in [-0.1, -0.05) is 112 Å². The van der Waals surface area contributed by atoms with Gasteiger partial charge >= 0.3 is 0 Å². The molecule has 0 aliphatic heterocycles. The Bertz CT molecular complexity index is 841. The number of rotatable bonds is 14. The van der Waals surface area contributed by atoms with E-state index in [1.54, 1.807) is 14.2 Å². The van der Waals surface area contributed by atoms with Crippen LogP contribution < -0.4 is 0 Å². The molecule has 4 aliphatic carbocycles. The van der Waals surface area contributed by atoms with Gasteiger partial charge in [0.05, 0.1) is 12.2 Å². The van der Waals surface area contributed by atoms with E-state index in [0.29, 0.717) is 61.1 Å². The van der Waals surface area contributed by atoms with E-state index in [1.807, 2.05) is 0 Å². The topological polar surface area (TPSA) is 52.6 Å². The minimum atomic E-state index is -1.11. The summed E-state index contributed by atoms with van der Waals surface area (Å²) in [7, 11) is 3.60. The molecular formula is C34H56Cl4O4. The summed E-state index contributed by atoms with van der Waals surface area (Å²) in [6.45, 7) is 4.35. The van der Waals surface area contributed by atoms with Gasteiger partial charge in [0, 0.05) is 26.6 Å². The molecule has 4 saturated carbocycles. The van der Waals surface area contributed by atoms with E-state index in [4.69, 9.17) is 55.9 Å². The van der Waals surface area contributed by atoms with Crippen molar-refractivity contribution in [3.8, 4) is 0 Å². The quantitative estimate of drug-likeness (QED) is 0.136. The number of alkyl halides is 4. The SMILES string of the molecule is CCC(CCCCC1CCC2CC(Cl)(Cl)C(=O)CC12)OC.CCC(CCCCC1CCCC2C(=O)C(Cl)(Cl)CC12)OC. The minimum absolute atomic E-state index is 0.0458. The van der Waals surface area contributed by atoms with Crippen LogP contribution in [0.1, 0.15) is 129 Å². The molecule has 0 spiro atoms. The van der Waals surface area contributed by atoms with Crippen LogP contribution in [0.2, 0.25) is 0 Å². The second kappa shape index (κ2) is 17.4.